The van der Waals surface area contributed by atoms with Crippen LogP contribution in [0.4, 0.5) is 4.79 Å². The van der Waals surface area contributed by atoms with Crippen LogP contribution in [0.25, 0.3) is 0 Å². The molecule has 0 saturated heterocycles. The minimum absolute atomic E-state index is 0.0680. The van der Waals surface area contributed by atoms with Gasteiger partial charge in [-0.05, 0) is 76.1 Å². The van der Waals surface area contributed by atoms with Crippen molar-refractivity contribution in [2.24, 2.45) is 0 Å². The molecule has 1 fully saturated rings. The van der Waals surface area contributed by atoms with Crippen molar-refractivity contribution in [2.75, 3.05) is 6.54 Å². The lowest BCUT2D eigenvalue weighted by Crippen LogP contribution is -2.54. The smallest absolute Gasteiger partial charge is 0.408 e. The third-order valence-corrected chi connectivity index (χ3v) is 6.89. The number of aryl methyl sites for hydroxylation is 2. The molecule has 0 radical (unpaired) electrons. The maximum Gasteiger partial charge on any atom is 0.408 e. The summed E-state index contributed by atoms with van der Waals surface area (Å²) in [7, 11) is 0. The highest BCUT2D eigenvalue weighted by Gasteiger charge is 2.44. The van der Waals surface area contributed by atoms with Crippen LogP contribution in [0.2, 0.25) is 0 Å². The van der Waals surface area contributed by atoms with Gasteiger partial charge in [0, 0.05) is 19.0 Å². The molecule has 7 heteroatoms. The van der Waals surface area contributed by atoms with Gasteiger partial charge in [0.1, 0.15) is 17.7 Å². The van der Waals surface area contributed by atoms with Gasteiger partial charge in [0.05, 0.1) is 0 Å². The van der Waals surface area contributed by atoms with E-state index < -0.39 is 23.8 Å². The van der Waals surface area contributed by atoms with E-state index in [0.29, 0.717) is 13.0 Å². The van der Waals surface area contributed by atoms with Crippen molar-refractivity contribution in [1.29, 1.82) is 0 Å². The monoisotopic (exact) mass is 535 g/mol. The second-order valence-corrected chi connectivity index (χ2v) is 11.6. The summed E-state index contributed by atoms with van der Waals surface area (Å²) in [6.45, 7) is 12.0. The lowest BCUT2D eigenvalue weighted by molar-refractivity contribution is -0.143. The molecule has 3 amide bonds. The number of nitrogens with zero attached hydrogens (tertiary/aromatic N) is 1. The number of carbonyl (C=O) groups excluding carboxylic acids is 3. The van der Waals surface area contributed by atoms with Crippen LogP contribution < -0.4 is 10.6 Å². The molecule has 2 N–H and O–H groups in total. The quantitative estimate of drug-likeness (QED) is 0.337. The zero-order valence-electron chi connectivity index (χ0n) is 24.4. The normalized spacial score (nSPS) is 14.7. The molecule has 7 nitrogen and oxygen atoms in total. The first-order valence-electron chi connectivity index (χ1n) is 14.2. The maximum atomic E-state index is 14.4. The van der Waals surface area contributed by atoms with Gasteiger partial charge >= 0.3 is 6.09 Å². The van der Waals surface area contributed by atoms with Crippen LogP contribution in [-0.2, 0) is 20.7 Å². The van der Waals surface area contributed by atoms with Gasteiger partial charge in [-0.3, -0.25) is 9.59 Å². The summed E-state index contributed by atoms with van der Waals surface area (Å²) in [6, 6.07) is 13.8. The lowest BCUT2D eigenvalue weighted by Gasteiger charge is -2.36. The molecule has 2 aromatic carbocycles. The summed E-state index contributed by atoms with van der Waals surface area (Å²) in [5.74, 6) is -0.456. The van der Waals surface area contributed by atoms with E-state index in [1.165, 1.54) is 0 Å². The topological polar surface area (TPSA) is 87.7 Å². The zero-order valence-corrected chi connectivity index (χ0v) is 24.4. The van der Waals surface area contributed by atoms with Crippen molar-refractivity contribution < 1.29 is 19.1 Å². The van der Waals surface area contributed by atoms with Gasteiger partial charge in [0.15, 0.2) is 0 Å². The number of amides is 3. The molecule has 0 heterocycles. The van der Waals surface area contributed by atoms with Crippen molar-refractivity contribution in [3.8, 4) is 0 Å². The number of hydrogen-bond donors (Lipinski definition) is 2. The minimum atomic E-state index is -0.887. The van der Waals surface area contributed by atoms with E-state index in [4.69, 9.17) is 4.74 Å². The number of nitrogens with one attached hydrogen (secondary N) is 2. The van der Waals surface area contributed by atoms with Crippen molar-refractivity contribution in [3.63, 3.8) is 0 Å². The van der Waals surface area contributed by atoms with Crippen LogP contribution >= 0.6 is 0 Å². The fourth-order valence-corrected chi connectivity index (χ4v) is 4.89. The highest BCUT2D eigenvalue weighted by molar-refractivity contribution is 5.93. The van der Waals surface area contributed by atoms with Gasteiger partial charge in [0.25, 0.3) is 0 Å². The van der Waals surface area contributed by atoms with E-state index in [1.54, 1.807) is 25.7 Å². The van der Waals surface area contributed by atoms with E-state index in [1.807, 2.05) is 62.4 Å². The highest BCUT2D eigenvalue weighted by Crippen LogP contribution is 2.38. The molecule has 1 aliphatic carbocycles. The fraction of sp³-hybridized carbons (Fsp3) is 0.531. The number of alkyl carbamates (subject to hydrolysis) is 1. The molecule has 0 spiro atoms. The molecule has 0 aromatic heterocycles. The third-order valence-electron chi connectivity index (χ3n) is 6.89. The van der Waals surface area contributed by atoms with E-state index in [0.717, 1.165) is 54.4 Å². The van der Waals surface area contributed by atoms with Gasteiger partial charge in [0.2, 0.25) is 11.8 Å². The Morgan fingerprint density at radius 2 is 1.62 bits per heavy atom. The van der Waals surface area contributed by atoms with Crippen LogP contribution in [0.3, 0.4) is 0 Å². The predicted octanol–water partition coefficient (Wildman–Crippen LogP) is 5.78. The standard InChI is InChI=1S/C32H45N3O4/c1-7-8-12-20-33-29(36)28(27-22(2)14-13-15-23(27)3)35(25-18-19-25)30(37)26(21-24-16-10-9-11-17-24)34-31(38)39-32(4,5)6/h9-11,13-17,25-26,28H,7-8,12,18-21H2,1-6H3,(H,33,36)(H,34,38). The van der Waals surface area contributed by atoms with Gasteiger partial charge in [-0.25, -0.2) is 4.79 Å². The number of rotatable bonds is 12. The van der Waals surface area contributed by atoms with Gasteiger partial charge in [-0.2, -0.15) is 0 Å². The second kappa shape index (κ2) is 13.6. The second-order valence-electron chi connectivity index (χ2n) is 11.6. The average Bonchev–Trinajstić information content (AvgIpc) is 3.70. The highest BCUT2D eigenvalue weighted by atomic mass is 16.6. The first-order chi connectivity index (χ1) is 18.5. The van der Waals surface area contributed by atoms with Crippen molar-refractivity contribution in [3.05, 3.63) is 70.8 Å². The summed E-state index contributed by atoms with van der Waals surface area (Å²) in [6.07, 6.45) is 4.25. The average molecular weight is 536 g/mol. The van der Waals surface area contributed by atoms with E-state index in [2.05, 4.69) is 17.6 Å². The van der Waals surface area contributed by atoms with Crippen LogP contribution in [-0.4, -0.2) is 47.0 Å². The Kier molecular flexibility index (Phi) is 10.6. The van der Waals surface area contributed by atoms with Crippen molar-refractivity contribution >= 4 is 17.9 Å². The Bertz CT molecular complexity index is 1100. The molecule has 1 aliphatic rings. The molecule has 0 aliphatic heterocycles. The molecule has 2 aromatic rings. The SMILES string of the molecule is CCCCCNC(=O)C(c1c(C)cccc1C)N(C(=O)C(Cc1ccccc1)NC(=O)OC(C)(C)C)C1CC1. The summed E-state index contributed by atoms with van der Waals surface area (Å²) < 4.78 is 5.52. The largest absolute Gasteiger partial charge is 0.444 e. The summed E-state index contributed by atoms with van der Waals surface area (Å²) in [5, 5.41) is 5.94. The van der Waals surface area contributed by atoms with E-state index in [-0.39, 0.29) is 17.9 Å². The van der Waals surface area contributed by atoms with Crippen LogP contribution in [0.1, 0.15) is 88.1 Å². The third kappa shape index (κ3) is 8.84. The Balaban J connectivity index is 2.00. The summed E-state index contributed by atoms with van der Waals surface area (Å²) in [5.41, 5.74) is 2.97. The van der Waals surface area contributed by atoms with E-state index >= 15 is 0 Å². The van der Waals surface area contributed by atoms with Crippen LogP contribution in [0.15, 0.2) is 48.5 Å². The summed E-state index contributed by atoms with van der Waals surface area (Å²) in [4.78, 5) is 42.9. The molecule has 0 bridgehead atoms. The summed E-state index contributed by atoms with van der Waals surface area (Å²) >= 11 is 0. The molecular weight excluding hydrogens is 490 g/mol. The predicted molar refractivity (Wildman–Crippen MR) is 154 cm³/mol. The van der Waals surface area contributed by atoms with Crippen LogP contribution in [0, 0.1) is 13.8 Å². The molecule has 39 heavy (non-hydrogen) atoms. The lowest BCUT2D eigenvalue weighted by atomic mass is 9.93. The maximum absolute atomic E-state index is 14.4. The Morgan fingerprint density at radius 1 is 0.974 bits per heavy atom. The van der Waals surface area contributed by atoms with Gasteiger partial charge in [-0.15, -0.1) is 0 Å². The molecule has 3 rings (SSSR count). The fourth-order valence-electron chi connectivity index (χ4n) is 4.89. The Morgan fingerprint density at radius 3 is 2.18 bits per heavy atom. The number of hydrogen-bond acceptors (Lipinski definition) is 4. The first kappa shape index (κ1) is 30.2. The number of unbranched alkanes of at least 4 members (excludes halogenated alkanes) is 2. The molecule has 2 unspecified atom stereocenters. The minimum Gasteiger partial charge on any atom is -0.444 e. The molecular formula is C32H45N3O4. The van der Waals surface area contributed by atoms with Crippen molar-refractivity contribution in [1.82, 2.24) is 15.5 Å². The number of benzene rings is 2. The zero-order chi connectivity index (χ0) is 28.6. The van der Waals surface area contributed by atoms with E-state index in [9.17, 15) is 14.4 Å². The Hall–Kier alpha value is -3.35. The molecule has 2 atom stereocenters. The van der Waals surface area contributed by atoms with Crippen molar-refractivity contribution in [2.45, 2.75) is 104 Å². The number of carbonyl (C=O) groups is 3. The van der Waals surface area contributed by atoms with Gasteiger partial charge in [-0.1, -0.05) is 68.3 Å². The van der Waals surface area contributed by atoms with Crippen LogP contribution in [0.5, 0.6) is 0 Å². The molecule has 1 saturated carbocycles. The Labute approximate surface area is 233 Å². The first-order valence-corrected chi connectivity index (χ1v) is 14.2. The van der Waals surface area contributed by atoms with Gasteiger partial charge < -0.3 is 20.3 Å². The number of ether oxygens (including phenoxy) is 1. The molecule has 212 valence electrons.